The van der Waals surface area contributed by atoms with Crippen molar-refractivity contribution in [3.8, 4) is 11.3 Å². The number of nitro groups is 1. The minimum Gasteiger partial charge on any atom is -0.478 e. The Bertz CT molecular complexity index is 1280. The van der Waals surface area contributed by atoms with Crippen LogP contribution in [0.1, 0.15) is 16.1 Å². The second-order valence-corrected chi connectivity index (χ2v) is 8.02. The molecule has 2 heterocycles. The zero-order chi connectivity index (χ0) is 22.1. The number of carboxylic acid groups (broad SMARTS) is 1. The van der Waals surface area contributed by atoms with Gasteiger partial charge in [-0.05, 0) is 36.4 Å². The smallest absolute Gasteiger partial charge is 0.335 e. The minimum absolute atomic E-state index is 0.0376. The first kappa shape index (κ1) is 20.5. The molecule has 0 saturated carbocycles. The normalized spacial score (nSPS) is 15.0. The van der Waals surface area contributed by atoms with E-state index in [1.54, 1.807) is 36.4 Å². The van der Waals surface area contributed by atoms with Crippen molar-refractivity contribution in [1.82, 2.24) is 0 Å². The third kappa shape index (κ3) is 3.98. The molecule has 154 valence electrons. The van der Waals surface area contributed by atoms with E-state index in [1.165, 1.54) is 35.2 Å². The Morgan fingerprint density at radius 1 is 1.16 bits per heavy atom. The van der Waals surface area contributed by atoms with Gasteiger partial charge in [0.05, 0.1) is 26.6 Å². The van der Waals surface area contributed by atoms with Gasteiger partial charge >= 0.3 is 5.97 Å². The maximum Gasteiger partial charge on any atom is 0.335 e. The van der Waals surface area contributed by atoms with Crippen LogP contribution < -0.4 is 4.90 Å². The van der Waals surface area contributed by atoms with Crippen LogP contribution in [0.2, 0.25) is 0 Å². The Morgan fingerprint density at radius 3 is 2.68 bits per heavy atom. The molecule has 1 aliphatic rings. The van der Waals surface area contributed by atoms with E-state index in [2.05, 4.69) is 0 Å². The van der Waals surface area contributed by atoms with Gasteiger partial charge in [-0.2, -0.15) is 0 Å². The van der Waals surface area contributed by atoms with Crippen LogP contribution in [0.3, 0.4) is 0 Å². The molecule has 0 atom stereocenters. The first-order chi connectivity index (χ1) is 14.8. The summed E-state index contributed by atoms with van der Waals surface area (Å²) in [6.07, 6.45) is 1.50. The summed E-state index contributed by atoms with van der Waals surface area (Å²) in [5.41, 5.74) is 0.625. The number of para-hydroxylation sites is 1. The quantitative estimate of drug-likeness (QED) is 0.250. The molecule has 1 N–H and O–H groups in total. The van der Waals surface area contributed by atoms with E-state index < -0.39 is 16.8 Å². The lowest BCUT2D eigenvalue weighted by atomic mass is 10.1. The number of rotatable bonds is 5. The number of thiocarbonyl (C=S) groups is 1. The van der Waals surface area contributed by atoms with Crippen molar-refractivity contribution < 1.29 is 24.0 Å². The van der Waals surface area contributed by atoms with E-state index in [-0.39, 0.29) is 20.5 Å². The molecule has 3 aromatic rings. The predicted molar refractivity (Wildman–Crippen MR) is 120 cm³/mol. The van der Waals surface area contributed by atoms with Crippen LogP contribution in [-0.4, -0.2) is 26.2 Å². The van der Waals surface area contributed by atoms with E-state index in [0.717, 1.165) is 11.8 Å². The second kappa shape index (κ2) is 8.17. The maximum absolute atomic E-state index is 12.9. The number of nitrogens with zero attached hydrogens (tertiary/aromatic N) is 2. The highest BCUT2D eigenvalue weighted by atomic mass is 32.2. The molecule has 10 heteroatoms. The summed E-state index contributed by atoms with van der Waals surface area (Å²) in [4.78, 5) is 36.4. The van der Waals surface area contributed by atoms with Gasteiger partial charge in [0.25, 0.3) is 11.6 Å². The predicted octanol–water partition coefficient (Wildman–Crippen LogP) is 4.96. The number of aromatic carboxylic acids is 1. The summed E-state index contributed by atoms with van der Waals surface area (Å²) < 4.78 is 5.97. The molecule has 0 spiro atoms. The van der Waals surface area contributed by atoms with Gasteiger partial charge in [0, 0.05) is 12.1 Å². The molecule has 0 aliphatic carbocycles. The van der Waals surface area contributed by atoms with Gasteiger partial charge in [-0.25, -0.2) is 4.79 Å². The molecule has 2 aromatic carbocycles. The van der Waals surface area contributed by atoms with E-state index in [0.29, 0.717) is 22.8 Å². The highest BCUT2D eigenvalue weighted by molar-refractivity contribution is 8.27. The fourth-order valence-corrected chi connectivity index (χ4v) is 4.29. The topological polar surface area (TPSA) is 114 Å². The Labute approximate surface area is 184 Å². The average Bonchev–Trinajstić information content (AvgIpc) is 3.32. The molecule has 0 bridgehead atoms. The highest BCUT2D eigenvalue weighted by Gasteiger charge is 2.34. The highest BCUT2D eigenvalue weighted by Crippen LogP contribution is 2.37. The molecule has 4 rings (SSSR count). The van der Waals surface area contributed by atoms with Crippen LogP contribution in [-0.2, 0) is 4.79 Å². The lowest BCUT2D eigenvalue weighted by molar-refractivity contribution is -0.384. The zero-order valence-corrected chi connectivity index (χ0v) is 17.2. The molecule has 1 saturated heterocycles. The van der Waals surface area contributed by atoms with Crippen LogP contribution in [0.4, 0.5) is 11.4 Å². The summed E-state index contributed by atoms with van der Waals surface area (Å²) in [6, 6.07) is 15.3. The number of thioether (sulfide) groups is 1. The van der Waals surface area contributed by atoms with Gasteiger partial charge < -0.3 is 9.52 Å². The van der Waals surface area contributed by atoms with Crippen molar-refractivity contribution in [2.24, 2.45) is 0 Å². The summed E-state index contributed by atoms with van der Waals surface area (Å²) in [6.45, 7) is 0. The van der Waals surface area contributed by atoms with Crippen LogP contribution in [0.5, 0.6) is 0 Å². The van der Waals surface area contributed by atoms with Crippen molar-refractivity contribution in [1.29, 1.82) is 0 Å². The lowest BCUT2D eigenvalue weighted by Crippen LogP contribution is -2.27. The first-order valence-electron chi connectivity index (χ1n) is 8.80. The molecule has 0 radical (unpaired) electrons. The molecule has 1 aliphatic heterocycles. The van der Waals surface area contributed by atoms with Gasteiger partial charge in [-0.3, -0.25) is 19.8 Å². The fraction of sp³-hybridized carbons (Fsp3) is 0. The Hall–Kier alpha value is -3.76. The Balaban J connectivity index is 1.64. The van der Waals surface area contributed by atoms with Gasteiger partial charge in [0.15, 0.2) is 4.32 Å². The minimum atomic E-state index is -1.11. The van der Waals surface area contributed by atoms with Crippen molar-refractivity contribution in [3.05, 3.63) is 87.0 Å². The summed E-state index contributed by atoms with van der Waals surface area (Å²) in [7, 11) is 0. The zero-order valence-electron chi connectivity index (χ0n) is 15.6. The Kier molecular flexibility index (Phi) is 5.40. The monoisotopic (exact) mass is 452 g/mol. The van der Waals surface area contributed by atoms with Gasteiger partial charge in [-0.15, -0.1) is 0 Å². The van der Waals surface area contributed by atoms with Crippen LogP contribution in [0, 0.1) is 10.1 Å². The lowest BCUT2D eigenvalue weighted by Gasteiger charge is -2.14. The molecule has 1 amide bonds. The van der Waals surface area contributed by atoms with E-state index in [9.17, 15) is 24.8 Å². The summed E-state index contributed by atoms with van der Waals surface area (Å²) in [5.74, 6) is -0.904. The SMILES string of the molecule is O=C(O)c1cccc(N2C(=O)/C(=C\c3ccc(-c4ccccc4[N+](=O)[O-])o3)SC2=S)c1. The van der Waals surface area contributed by atoms with Crippen LogP contribution in [0.15, 0.2) is 70.0 Å². The molecule has 0 unspecified atom stereocenters. The van der Waals surface area contributed by atoms with Gasteiger partial charge in [-0.1, -0.05) is 42.2 Å². The number of carboxylic acids is 1. The first-order valence-corrected chi connectivity index (χ1v) is 10.0. The molecular weight excluding hydrogens is 440 g/mol. The number of hydrogen-bond donors (Lipinski definition) is 1. The number of amides is 1. The van der Waals surface area contributed by atoms with Gasteiger partial charge in [0.2, 0.25) is 0 Å². The number of furan rings is 1. The van der Waals surface area contributed by atoms with Crippen LogP contribution >= 0.6 is 24.0 Å². The number of carbonyl (C=O) groups excluding carboxylic acids is 1. The number of anilines is 1. The van der Waals surface area contributed by atoms with Crippen LogP contribution in [0.25, 0.3) is 17.4 Å². The van der Waals surface area contributed by atoms with Crippen molar-refractivity contribution >= 4 is 57.6 Å². The molecule has 8 nitrogen and oxygen atoms in total. The summed E-state index contributed by atoms with van der Waals surface area (Å²) >= 11 is 6.36. The van der Waals surface area contributed by atoms with E-state index in [4.69, 9.17) is 16.6 Å². The van der Waals surface area contributed by atoms with Crippen molar-refractivity contribution in [2.75, 3.05) is 4.90 Å². The van der Waals surface area contributed by atoms with E-state index >= 15 is 0 Å². The average molecular weight is 452 g/mol. The van der Waals surface area contributed by atoms with Crippen molar-refractivity contribution in [2.45, 2.75) is 0 Å². The summed E-state index contributed by atoms with van der Waals surface area (Å²) in [5, 5.41) is 20.4. The third-order valence-electron chi connectivity index (χ3n) is 4.41. The molecule has 31 heavy (non-hydrogen) atoms. The number of hydrogen-bond acceptors (Lipinski definition) is 7. The van der Waals surface area contributed by atoms with Gasteiger partial charge in [0.1, 0.15) is 11.5 Å². The number of nitro benzene ring substituents is 1. The number of carbonyl (C=O) groups is 2. The fourth-order valence-electron chi connectivity index (χ4n) is 3.01. The maximum atomic E-state index is 12.9. The van der Waals surface area contributed by atoms with E-state index in [1.807, 2.05) is 0 Å². The standard InChI is InChI=1S/C21H12N2O6S2/c24-19-18(31-21(30)22(19)13-5-3-4-12(10-13)20(25)26)11-14-8-9-17(29-14)15-6-1-2-7-16(15)23(27)28/h1-11H,(H,25,26)/b18-11+. The van der Waals surface area contributed by atoms with Crippen molar-refractivity contribution in [3.63, 3.8) is 0 Å². The molecule has 1 fully saturated rings. The molecule has 1 aromatic heterocycles. The largest absolute Gasteiger partial charge is 0.478 e. The number of benzene rings is 2. The second-order valence-electron chi connectivity index (χ2n) is 6.35. The third-order valence-corrected chi connectivity index (χ3v) is 5.71. The molecular formula is C21H12N2O6S2. The Morgan fingerprint density at radius 2 is 1.94 bits per heavy atom.